The van der Waals surface area contributed by atoms with E-state index in [1.165, 1.54) is 6.42 Å². The highest BCUT2D eigenvalue weighted by atomic mass is 79.9. The molecule has 2 unspecified atom stereocenters. The van der Waals surface area contributed by atoms with E-state index in [0.717, 1.165) is 19.3 Å². The lowest BCUT2D eigenvalue weighted by molar-refractivity contribution is 0.162. The molecule has 0 spiro atoms. The predicted molar refractivity (Wildman–Crippen MR) is 77.6 cm³/mol. The number of sulfonamides is 1. The number of nitrogens with one attached hydrogen (secondary N) is 1. The minimum atomic E-state index is -3.25. The van der Waals surface area contributed by atoms with E-state index in [1.807, 2.05) is 6.92 Å². The molecule has 4 nitrogen and oxygen atoms in total. The van der Waals surface area contributed by atoms with Crippen molar-refractivity contribution in [2.24, 2.45) is 5.92 Å². The summed E-state index contributed by atoms with van der Waals surface area (Å²) in [6.45, 7) is 4.86. The van der Waals surface area contributed by atoms with Gasteiger partial charge >= 0.3 is 0 Å². The van der Waals surface area contributed by atoms with E-state index in [1.54, 1.807) is 0 Å². The first-order valence-corrected chi connectivity index (χ1v) is 9.36. The second-order valence-electron chi connectivity index (χ2n) is 5.23. The highest BCUT2D eigenvalue weighted by molar-refractivity contribution is 9.09. The van der Waals surface area contributed by atoms with Crippen LogP contribution in [0.3, 0.4) is 0 Å². The van der Waals surface area contributed by atoms with Gasteiger partial charge in [0.25, 0.3) is 0 Å². The van der Waals surface area contributed by atoms with E-state index in [4.69, 9.17) is 4.74 Å². The van der Waals surface area contributed by atoms with Crippen LogP contribution in [-0.2, 0) is 14.8 Å². The molecule has 1 saturated carbocycles. The zero-order chi connectivity index (χ0) is 13.6. The maximum absolute atomic E-state index is 12.0. The molecule has 1 rings (SSSR count). The van der Waals surface area contributed by atoms with Crippen molar-refractivity contribution in [1.82, 2.24) is 4.72 Å². The van der Waals surface area contributed by atoms with Gasteiger partial charge in [-0.3, -0.25) is 0 Å². The molecular weight excluding hydrogens is 318 g/mol. The van der Waals surface area contributed by atoms with Gasteiger partial charge in [-0.1, -0.05) is 35.7 Å². The molecular formula is C12H24BrNO3S. The van der Waals surface area contributed by atoms with Crippen LogP contribution >= 0.6 is 15.9 Å². The third kappa shape index (κ3) is 5.15. The summed E-state index contributed by atoms with van der Waals surface area (Å²) < 4.78 is 32.1. The summed E-state index contributed by atoms with van der Waals surface area (Å²) >= 11 is 3.47. The SMILES string of the molecule is CCOCCS(=O)(=O)NC1(CBr)CCCC(C)C1. The van der Waals surface area contributed by atoms with Gasteiger partial charge in [0.1, 0.15) is 0 Å². The Balaban J connectivity index is 2.61. The van der Waals surface area contributed by atoms with Crippen molar-refractivity contribution < 1.29 is 13.2 Å². The Morgan fingerprint density at radius 2 is 2.22 bits per heavy atom. The summed E-state index contributed by atoms with van der Waals surface area (Å²) in [5.74, 6) is 0.621. The van der Waals surface area contributed by atoms with E-state index in [2.05, 4.69) is 27.6 Å². The fourth-order valence-corrected chi connectivity index (χ4v) is 4.79. The Morgan fingerprint density at radius 1 is 1.50 bits per heavy atom. The largest absolute Gasteiger partial charge is 0.381 e. The quantitative estimate of drug-likeness (QED) is 0.570. The molecule has 6 heteroatoms. The lowest BCUT2D eigenvalue weighted by atomic mass is 9.78. The number of hydrogen-bond donors (Lipinski definition) is 1. The molecule has 0 saturated heterocycles. The zero-order valence-electron chi connectivity index (χ0n) is 11.2. The fourth-order valence-electron chi connectivity index (χ4n) is 2.60. The second kappa shape index (κ2) is 7.22. The van der Waals surface area contributed by atoms with Crippen molar-refractivity contribution in [3.05, 3.63) is 0 Å². The minimum Gasteiger partial charge on any atom is -0.381 e. The highest BCUT2D eigenvalue weighted by Gasteiger charge is 2.37. The molecule has 1 fully saturated rings. The van der Waals surface area contributed by atoms with E-state index in [-0.39, 0.29) is 17.9 Å². The van der Waals surface area contributed by atoms with Crippen LogP contribution in [0.5, 0.6) is 0 Å². The molecule has 0 aliphatic heterocycles. The average molecular weight is 342 g/mol. The standard InChI is InChI=1S/C12H24BrNO3S/c1-3-17-7-8-18(15,16)14-12(10-13)6-4-5-11(2)9-12/h11,14H,3-10H2,1-2H3. The summed E-state index contributed by atoms with van der Waals surface area (Å²) in [5.41, 5.74) is -0.303. The maximum atomic E-state index is 12.0. The van der Waals surface area contributed by atoms with Crippen molar-refractivity contribution in [2.75, 3.05) is 24.3 Å². The third-order valence-corrected chi connectivity index (χ3v) is 5.94. The molecule has 0 aromatic rings. The van der Waals surface area contributed by atoms with Gasteiger partial charge in [0.05, 0.1) is 12.4 Å². The molecule has 0 bridgehead atoms. The van der Waals surface area contributed by atoms with Crippen molar-refractivity contribution in [3.63, 3.8) is 0 Å². The number of alkyl halides is 1. The molecule has 108 valence electrons. The van der Waals surface area contributed by atoms with Crippen molar-refractivity contribution in [1.29, 1.82) is 0 Å². The van der Waals surface area contributed by atoms with Gasteiger partial charge in [0, 0.05) is 17.5 Å². The maximum Gasteiger partial charge on any atom is 0.214 e. The van der Waals surface area contributed by atoms with Crippen molar-refractivity contribution >= 4 is 26.0 Å². The second-order valence-corrected chi connectivity index (χ2v) is 7.64. The first-order valence-electron chi connectivity index (χ1n) is 6.58. The monoisotopic (exact) mass is 341 g/mol. The molecule has 0 aromatic heterocycles. The molecule has 1 N–H and O–H groups in total. The molecule has 1 aliphatic rings. The van der Waals surface area contributed by atoms with Gasteiger partial charge in [-0.15, -0.1) is 0 Å². The van der Waals surface area contributed by atoms with Gasteiger partial charge in [-0.05, 0) is 25.7 Å². The van der Waals surface area contributed by atoms with E-state index >= 15 is 0 Å². The highest BCUT2D eigenvalue weighted by Crippen LogP contribution is 2.34. The summed E-state index contributed by atoms with van der Waals surface area (Å²) in [5, 5.41) is 0.679. The summed E-state index contributed by atoms with van der Waals surface area (Å²) in [6.07, 6.45) is 4.10. The van der Waals surface area contributed by atoms with Crippen LogP contribution in [0, 0.1) is 5.92 Å². The number of ether oxygens (including phenoxy) is 1. The van der Waals surface area contributed by atoms with Crippen molar-refractivity contribution in [2.45, 2.75) is 45.1 Å². The van der Waals surface area contributed by atoms with Gasteiger partial charge in [0.15, 0.2) is 0 Å². The summed E-state index contributed by atoms with van der Waals surface area (Å²) in [6, 6.07) is 0. The summed E-state index contributed by atoms with van der Waals surface area (Å²) in [4.78, 5) is 0. The zero-order valence-corrected chi connectivity index (χ0v) is 13.6. The molecule has 1 aliphatic carbocycles. The van der Waals surface area contributed by atoms with Crippen LogP contribution in [0.4, 0.5) is 0 Å². The first-order chi connectivity index (χ1) is 8.43. The average Bonchev–Trinajstić information content (AvgIpc) is 2.28. The Bertz CT molecular complexity index is 347. The van der Waals surface area contributed by atoms with Crippen LogP contribution in [0.15, 0.2) is 0 Å². The van der Waals surface area contributed by atoms with Crippen LogP contribution in [0.2, 0.25) is 0 Å². The van der Waals surface area contributed by atoms with Gasteiger partial charge in [-0.25, -0.2) is 13.1 Å². The van der Waals surface area contributed by atoms with E-state index in [9.17, 15) is 8.42 Å². The first kappa shape index (κ1) is 16.4. The van der Waals surface area contributed by atoms with E-state index in [0.29, 0.717) is 17.9 Å². The Morgan fingerprint density at radius 3 is 2.78 bits per heavy atom. The lowest BCUT2D eigenvalue weighted by Crippen LogP contribution is -2.53. The van der Waals surface area contributed by atoms with Gasteiger partial charge < -0.3 is 4.74 Å². The van der Waals surface area contributed by atoms with Crippen LogP contribution in [-0.4, -0.2) is 38.3 Å². The molecule has 0 amide bonds. The van der Waals surface area contributed by atoms with Gasteiger partial charge in [0.2, 0.25) is 10.0 Å². The molecule has 2 atom stereocenters. The Labute approximate surface area is 119 Å². The predicted octanol–water partition coefficient (Wildman–Crippen LogP) is 2.29. The normalized spacial score (nSPS) is 29.4. The molecule has 18 heavy (non-hydrogen) atoms. The van der Waals surface area contributed by atoms with Crippen LogP contribution in [0.1, 0.15) is 39.5 Å². The number of halogens is 1. The minimum absolute atomic E-state index is 0.0456. The topological polar surface area (TPSA) is 55.4 Å². The fraction of sp³-hybridized carbons (Fsp3) is 1.00. The van der Waals surface area contributed by atoms with Crippen LogP contribution in [0.25, 0.3) is 0 Å². The Kier molecular flexibility index (Phi) is 6.58. The number of rotatable bonds is 7. The lowest BCUT2D eigenvalue weighted by Gasteiger charge is -2.39. The summed E-state index contributed by atoms with van der Waals surface area (Å²) in [7, 11) is -3.25. The third-order valence-electron chi connectivity index (χ3n) is 3.42. The number of hydrogen-bond acceptors (Lipinski definition) is 3. The Hall–Kier alpha value is 0.350. The molecule has 0 aromatic carbocycles. The van der Waals surface area contributed by atoms with Crippen molar-refractivity contribution in [3.8, 4) is 0 Å². The smallest absolute Gasteiger partial charge is 0.214 e. The van der Waals surface area contributed by atoms with Crippen LogP contribution < -0.4 is 4.72 Å². The van der Waals surface area contributed by atoms with E-state index < -0.39 is 10.0 Å². The molecule has 0 radical (unpaired) electrons. The molecule has 0 heterocycles. The van der Waals surface area contributed by atoms with Gasteiger partial charge in [-0.2, -0.15) is 0 Å².